The third-order valence-electron chi connectivity index (χ3n) is 16.8. The molecule has 15 aromatic rings. The second kappa shape index (κ2) is 21.0. The lowest BCUT2D eigenvalue weighted by atomic mass is 9.71. The molecule has 410 valence electrons. The van der Waals surface area contributed by atoms with Crippen molar-refractivity contribution in [1.29, 1.82) is 0 Å². The van der Waals surface area contributed by atoms with E-state index in [1.54, 1.807) is 72.8 Å². The van der Waals surface area contributed by atoms with Crippen LogP contribution in [0.2, 0.25) is 0 Å². The lowest BCUT2D eigenvalue weighted by molar-refractivity contribution is 0.0725. The molecule has 0 saturated heterocycles. The van der Waals surface area contributed by atoms with Crippen LogP contribution in [0, 0.1) is 0 Å². The largest absolute Gasteiger partial charge is 0.423 e. The standard InChI is InChI=1S/C77H51N3O6/c1-77(53-32-44-59(45-33-53)84-74(81)50-26-38-56(39-27-50)78-68-20-8-2-14-62(68)63-15-3-9-21-69(63)78,54-34-46-60(47-35-54)85-75(82)51-28-40-57(41-29-51)79-70-22-10-4-16-64(70)65-17-5-11-23-71(65)79)55-36-48-61(49-37-55)86-76(83)52-30-42-58(43-31-52)80-72-24-12-6-18-66(72)67-19-7-13-25-73(67)80/h2-49H,1H3. The molecule has 0 radical (unpaired) electrons. The van der Waals surface area contributed by atoms with Gasteiger partial charge >= 0.3 is 17.9 Å². The van der Waals surface area contributed by atoms with E-state index in [0.29, 0.717) is 33.9 Å². The van der Waals surface area contributed by atoms with Crippen LogP contribution in [0.5, 0.6) is 17.2 Å². The van der Waals surface area contributed by atoms with E-state index in [4.69, 9.17) is 14.2 Å². The first-order chi connectivity index (χ1) is 42.2. The van der Waals surface area contributed by atoms with Gasteiger partial charge in [-0.05, 0) is 169 Å². The summed E-state index contributed by atoms with van der Waals surface area (Å²) >= 11 is 0. The van der Waals surface area contributed by atoms with Crippen LogP contribution in [0.4, 0.5) is 0 Å². The molecule has 15 rings (SSSR count). The van der Waals surface area contributed by atoms with Crippen LogP contribution in [0.3, 0.4) is 0 Å². The third-order valence-corrected chi connectivity index (χ3v) is 16.8. The maximum atomic E-state index is 13.8. The van der Waals surface area contributed by atoms with Crippen molar-refractivity contribution < 1.29 is 28.6 Å². The Balaban J connectivity index is 0.691. The Kier molecular flexibility index (Phi) is 12.5. The molecule has 9 nitrogen and oxygen atoms in total. The smallest absolute Gasteiger partial charge is 0.343 e. The number of esters is 3. The second-order valence-corrected chi connectivity index (χ2v) is 21.6. The SMILES string of the molecule is CC(c1ccc(OC(=O)c2ccc(-n3c4ccccc4c4ccccc43)cc2)cc1)(c1ccc(OC(=O)c2ccc(-n3c4ccccc4c4ccccc43)cc2)cc1)c1ccc(OC(=O)c2ccc(-n3c4ccccc4c4ccccc43)cc2)cc1. The van der Waals surface area contributed by atoms with Gasteiger partial charge < -0.3 is 27.9 Å². The average Bonchev–Trinajstić information content (AvgIpc) is 4.39. The molecule has 0 aliphatic carbocycles. The molecule has 0 unspecified atom stereocenters. The minimum absolute atomic E-state index is 0.378. The maximum absolute atomic E-state index is 13.8. The monoisotopic (exact) mass is 1110 g/mol. The highest BCUT2D eigenvalue weighted by Gasteiger charge is 2.32. The van der Waals surface area contributed by atoms with Crippen molar-refractivity contribution in [2.75, 3.05) is 0 Å². The number of nitrogens with zero attached hydrogens (tertiary/aromatic N) is 3. The quantitative estimate of drug-likeness (QED) is 0.0687. The molecule has 0 atom stereocenters. The summed E-state index contributed by atoms with van der Waals surface area (Å²) in [6.45, 7) is 2.10. The zero-order chi connectivity index (χ0) is 57.9. The van der Waals surface area contributed by atoms with E-state index in [0.717, 1.165) is 99.2 Å². The molecule has 0 aliphatic rings. The summed E-state index contributed by atoms with van der Waals surface area (Å²) < 4.78 is 24.6. The fourth-order valence-electron chi connectivity index (χ4n) is 12.4. The van der Waals surface area contributed by atoms with Crippen molar-refractivity contribution in [3.8, 4) is 34.3 Å². The van der Waals surface area contributed by atoms with E-state index in [1.165, 1.54) is 0 Å². The van der Waals surface area contributed by atoms with Gasteiger partial charge in [0, 0.05) is 54.8 Å². The molecule has 86 heavy (non-hydrogen) atoms. The van der Waals surface area contributed by atoms with Gasteiger partial charge in [0.1, 0.15) is 17.2 Å². The lowest BCUT2D eigenvalue weighted by Gasteiger charge is -2.32. The fourth-order valence-corrected chi connectivity index (χ4v) is 12.4. The first kappa shape index (κ1) is 51.3. The Hall–Kier alpha value is -11.6. The maximum Gasteiger partial charge on any atom is 0.343 e. The zero-order valence-corrected chi connectivity index (χ0v) is 46.5. The Bertz CT molecular complexity index is 4440. The number of rotatable bonds is 12. The number of carbonyl (C=O) groups excluding carboxylic acids is 3. The molecule has 0 bridgehead atoms. The first-order valence-corrected chi connectivity index (χ1v) is 28.5. The van der Waals surface area contributed by atoms with Crippen LogP contribution >= 0.6 is 0 Å². The van der Waals surface area contributed by atoms with Gasteiger partial charge in [0.25, 0.3) is 0 Å². The van der Waals surface area contributed by atoms with Crippen LogP contribution in [0.15, 0.2) is 291 Å². The lowest BCUT2D eigenvalue weighted by Crippen LogP contribution is -2.25. The number of benzene rings is 12. The van der Waals surface area contributed by atoms with Gasteiger partial charge in [0.05, 0.1) is 49.8 Å². The highest BCUT2D eigenvalue weighted by atomic mass is 16.5. The summed E-state index contributed by atoms with van der Waals surface area (Å²) in [6, 6.07) is 94.8. The van der Waals surface area contributed by atoms with E-state index in [2.05, 4.69) is 93.4 Å². The molecular weight excluding hydrogens is 1060 g/mol. The van der Waals surface area contributed by atoms with Crippen molar-refractivity contribution in [2.45, 2.75) is 12.3 Å². The number of hydrogen-bond donors (Lipinski definition) is 0. The summed E-state index contributed by atoms with van der Waals surface area (Å²) in [5.74, 6) is -0.317. The van der Waals surface area contributed by atoms with Crippen molar-refractivity contribution in [3.63, 3.8) is 0 Å². The summed E-state index contributed by atoms with van der Waals surface area (Å²) in [5.41, 5.74) is 12.4. The normalized spacial score (nSPS) is 11.7. The minimum Gasteiger partial charge on any atom is -0.423 e. The Morgan fingerprint density at radius 1 is 0.256 bits per heavy atom. The van der Waals surface area contributed by atoms with E-state index in [-0.39, 0.29) is 0 Å². The predicted octanol–water partition coefficient (Wildman–Crippen LogP) is 18.0. The topological polar surface area (TPSA) is 93.7 Å². The van der Waals surface area contributed by atoms with Crippen LogP contribution < -0.4 is 14.2 Å². The molecule has 3 aromatic heterocycles. The molecule has 3 heterocycles. The highest BCUT2D eigenvalue weighted by molar-refractivity contribution is 6.11. The Morgan fingerprint density at radius 2 is 0.453 bits per heavy atom. The van der Waals surface area contributed by atoms with Gasteiger partial charge in [-0.1, -0.05) is 146 Å². The number of ether oxygens (including phenoxy) is 3. The average molecular weight is 1110 g/mol. The van der Waals surface area contributed by atoms with Crippen molar-refractivity contribution in [3.05, 3.63) is 325 Å². The summed E-state index contributed by atoms with van der Waals surface area (Å²) in [5, 5.41) is 6.95. The minimum atomic E-state index is -0.818. The van der Waals surface area contributed by atoms with Gasteiger partial charge in [-0.2, -0.15) is 0 Å². The second-order valence-electron chi connectivity index (χ2n) is 21.6. The van der Waals surface area contributed by atoms with Crippen LogP contribution in [-0.2, 0) is 5.41 Å². The van der Waals surface area contributed by atoms with Crippen molar-refractivity contribution in [1.82, 2.24) is 13.7 Å². The Labute approximate surface area is 494 Å². The number of carbonyl (C=O) groups is 3. The molecule has 0 spiro atoms. The van der Waals surface area contributed by atoms with Gasteiger partial charge in [0.2, 0.25) is 0 Å². The summed E-state index contributed by atoms with van der Waals surface area (Å²) in [7, 11) is 0. The van der Waals surface area contributed by atoms with E-state index >= 15 is 0 Å². The molecule has 12 aromatic carbocycles. The molecule has 9 heteroatoms. The van der Waals surface area contributed by atoms with Gasteiger partial charge in [-0.15, -0.1) is 0 Å². The van der Waals surface area contributed by atoms with E-state index in [9.17, 15) is 14.4 Å². The molecule has 0 fully saturated rings. The molecular formula is C77H51N3O6. The van der Waals surface area contributed by atoms with Gasteiger partial charge in [0.15, 0.2) is 0 Å². The van der Waals surface area contributed by atoms with Crippen LogP contribution in [0.25, 0.3) is 82.5 Å². The van der Waals surface area contributed by atoms with Crippen LogP contribution in [0.1, 0.15) is 54.7 Å². The van der Waals surface area contributed by atoms with E-state index in [1.807, 2.05) is 146 Å². The fraction of sp³-hybridized carbons (Fsp3) is 0.0260. The molecule has 0 amide bonds. The number of para-hydroxylation sites is 6. The molecule has 0 N–H and O–H groups in total. The van der Waals surface area contributed by atoms with Gasteiger partial charge in [-0.3, -0.25) is 0 Å². The summed E-state index contributed by atoms with van der Waals surface area (Å²) in [6.07, 6.45) is 0. The molecule has 0 saturated carbocycles. The Morgan fingerprint density at radius 3 is 0.663 bits per heavy atom. The zero-order valence-electron chi connectivity index (χ0n) is 46.5. The van der Waals surface area contributed by atoms with Gasteiger partial charge in [-0.25, -0.2) is 14.4 Å². The first-order valence-electron chi connectivity index (χ1n) is 28.5. The molecule has 0 aliphatic heterocycles. The summed E-state index contributed by atoms with van der Waals surface area (Å²) in [4.78, 5) is 41.3. The predicted molar refractivity (Wildman–Crippen MR) is 342 cm³/mol. The third kappa shape index (κ3) is 8.85. The number of hydrogen-bond acceptors (Lipinski definition) is 6. The van der Waals surface area contributed by atoms with E-state index < -0.39 is 23.3 Å². The van der Waals surface area contributed by atoms with Crippen molar-refractivity contribution >= 4 is 83.3 Å². The number of fused-ring (bicyclic) bond motifs is 9. The number of aromatic nitrogens is 3. The van der Waals surface area contributed by atoms with Crippen LogP contribution in [-0.4, -0.2) is 31.6 Å². The van der Waals surface area contributed by atoms with Crippen molar-refractivity contribution in [2.24, 2.45) is 0 Å². The highest BCUT2D eigenvalue weighted by Crippen LogP contribution is 2.42.